The maximum atomic E-state index is 4.23. The van der Waals surface area contributed by atoms with Crippen LogP contribution in [0, 0.1) is 0 Å². The lowest BCUT2D eigenvalue weighted by Crippen LogP contribution is -2.16. The van der Waals surface area contributed by atoms with E-state index in [2.05, 4.69) is 33.8 Å². The molecule has 2 heterocycles. The van der Waals surface area contributed by atoms with Crippen molar-refractivity contribution in [3.63, 3.8) is 0 Å². The van der Waals surface area contributed by atoms with Crippen LogP contribution in [0.25, 0.3) is 0 Å². The van der Waals surface area contributed by atoms with Crippen molar-refractivity contribution in [1.29, 1.82) is 0 Å². The zero-order valence-electron chi connectivity index (χ0n) is 10.1. The van der Waals surface area contributed by atoms with Gasteiger partial charge in [-0.3, -0.25) is 9.36 Å². The summed E-state index contributed by atoms with van der Waals surface area (Å²) < 4.78 is 3.78. The van der Waals surface area contributed by atoms with Crippen LogP contribution < -0.4 is 5.32 Å². The predicted molar refractivity (Wildman–Crippen MR) is 64.2 cm³/mol. The summed E-state index contributed by atoms with van der Waals surface area (Å²) in [6.07, 6.45) is 8.61. The number of hydrogen-bond donors (Lipinski definition) is 1. The molecule has 0 aliphatic heterocycles. The molecule has 0 saturated carbocycles. The summed E-state index contributed by atoms with van der Waals surface area (Å²) in [6, 6.07) is 0. The molecule has 0 radical (unpaired) electrons. The molecule has 0 fully saturated rings. The van der Waals surface area contributed by atoms with Crippen molar-refractivity contribution in [3.05, 3.63) is 30.4 Å². The van der Waals surface area contributed by atoms with Crippen LogP contribution in [-0.2, 0) is 19.6 Å². The third-order valence-corrected chi connectivity index (χ3v) is 2.55. The summed E-state index contributed by atoms with van der Waals surface area (Å²) in [5.41, 5.74) is 1.23. The largest absolute Gasteiger partial charge is 0.312 e. The van der Waals surface area contributed by atoms with E-state index in [-0.39, 0.29) is 0 Å². The number of nitrogens with one attached hydrogen (secondary N) is 1. The van der Waals surface area contributed by atoms with E-state index in [0.29, 0.717) is 0 Å². The monoisotopic (exact) mass is 234 g/mol. The Morgan fingerprint density at radius 3 is 3.00 bits per heavy atom. The van der Waals surface area contributed by atoms with Crippen LogP contribution in [0.3, 0.4) is 0 Å². The first-order chi connectivity index (χ1) is 8.38. The Morgan fingerprint density at radius 2 is 2.29 bits per heavy atom. The van der Waals surface area contributed by atoms with Gasteiger partial charge in [-0.2, -0.15) is 5.10 Å². The molecule has 0 amide bonds. The fraction of sp³-hybridized carbons (Fsp3) is 0.545. The van der Waals surface area contributed by atoms with Crippen LogP contribution >= 0.6 is 0 Å². The maximum absolute atomic E-state index is 4.23. The van der Waals surface area contributed by atoms with Crippen LogP contribution in [0.4, 0.5) is 0 Å². The molecule has 0 aliphatic carbocycles. The molecule has 0 unspecified atom stereocenters. The summed E-state index contributed by atoms with van der Waals surface area (Å²) in [4.78, 5) is 0. The highest BCUT2D eigenvalue weighted by Gasteiger charge is 1.97. The van der Waals surface area contributed by atoms with E-state index in [1.807, 2.05) is 21.8 Å². The van der Waals surface area contributed by atoms with E-state index in [1.54, 1.807) is 6.20 Å². The molecule has 6 heteroatoms. The fourth-order valence-corrected chi connectivity index (χ4v) is 1.62. The molecule has 2 aromatic rings. The molecule has 0 aromatic carbocycles. The molecule has 2 aromatic heterocycles. The number of aryl methyl sites for hydroxylation is 2. The van der Waals surface area contributed by atoms with Crippen LogP contribution in [0.5, 0.6) is 0 Å². The highest BCUT2D eigenvalue weighted by molar-refractivity contribution is 5.02. The molecule has 17 heavy (non-hydrogen) atoms. The van der Waals surface area contributed by atoms with Crippen molar-refractivity contribution in [2.45, 2.75) is 33.0 Å². The van der Waals surface area contributed by atoms with Crippen molar-refractivity contribution in [3.8, 4) is 0 Å². The van der Waals surface area contributed by atoms with Crippen molar-refractivity contribution in [2.24, 2.45) is 0 Å². The van der Waals surface area contributed by atoms with Gasteiger partial charge in [0.1, 0.15) is 0 Å². The van der Waals surface area contributed by atoms with Gasteiger partial charge in [-0.15, -0.1) is 5.10 Å². The van der Waals surface area contributed by atoms with Gasteiger partial charge in [0, 0.05) is 37.6 Å². The zero-order valence-corrected chi connectivity index (χ0v) is 10.1. The van der Waals surface area contributed by atoms with Crippen LogP contribution in [-0.4, -0.2) is 31.3 Å². The van der Waals surface area contributed by atoms with E-state index >= 15 is 0 Å². The van der Waals surface area contributed by atoms with Gasteiger partial charge in [0.2, 0.25) is 0 Å². The Balaban J connectivity index is 1.60. The summed E-state index contributed by atoms with van der Waals surface area (Å²) in [7, 11) is 0. The lowest BCUT2D eigenvalue weighted by Gasteiger charge is -2.02. The smallest absolute Gasteiger partial charge is 0.0692 e. The average Bonchev–Trinajstić information content (AvgIpc) is 2.99. The van der Waals surface area contributed by atoms with Crippen molar-refractivity contribution in [1.82, 2.24) is 30.1 Å². The van der Waals surface area contributed by atoms with Gasteiger partial charge < -0.3 is 5.32 Å². The van der Waals surface area contributed by atoms with Crippen LogP contribution in [0.1, 0.15) is 18.9 Å². The van der Waals surface area contributed by atoms with Crippen molar-refractivity contribution < 1.29 is 0 Å². The second-order valence-corrected chi connectivity index (χ2v) is 3.90. The zero-order chi connectivity index (χ0) is 11.9. The second-order valence-electron chi connectivity index (χ2n) is 3.90. The first-order valence-electron chi connectivity index (χ1n) is 5.94. The molecular weight excluding hydrogens is 216 g/mol. The minimum atomic E-state index is 0.872. The van der Waals surface area contributed by atoms with E-state index in [4.69, 9.17) is 0 Å². The summed E-state index contributed by atoms with van der Waals surface area (Å²) in [6.45, 7) is 5.75. The molecule has 0 atom stereocenters. The first-order valence-corrected chi connectivity index (χ1v) is 5.94. The minimum absolute atomic E-state index is 0.872. The third-order valence-electron chi connectivity index (χ3n) is 2.55. The van der Waals surface area contributed by atoms with Gasteiger partial charge in [-0.05, 0) is 19.9 Å². The van der Waals surface area contributed by atoms with Crippen LogP contribution in [0.15, 0.2) is 24.8 Å². The Morgan fingerprint density at radius 1 is 1.35 bits per heavy atom. The number of hydrogen-bond acceptors (Lipinski definition) is 4. The number of rotatable bonds is 7. The van der Waals surface area contributed by atoms with E-state index in [0.717, 1.165) is 32.6 Å². The standard InChI is InChI=1S/C11H18N6/c1-2-16-10-11(9-14-16)8-12-4-3-6-17-7-5-13-15-17/h5,7,9-10,12H,2-4,6,8H2,1H3. The lowest BCUT2D eigenvalue weighted by atomic mass is 10.3. The van der Waals surface area contributed by atoms with E-state index < -0.39 is 0 Å². The van der Waals surface area contributed by atoms with Crippen molar-refractivity contribution >= 4 is 0 Å². The van der Waals surface area contributed by atoms with Crippen LogP contribution in [0.2, 0.25) is 0 Å². The Kier molecular flexibility index (Phi) is 4.26. The van der Waals surface area contributed by atoms with Gasteiger partial charge in [0.15, 0.2) is 0 Å². The molecular formula is C11H18N6. The summed E-state index contributed by atoms with van der Waals surface area (Å²) in [5.74, 6) is 0. The van der Waals surface area contributed by atoms with E-state index in [1.165, 1.54) is 5.56 Å². The highest BCUT2D eigenvalue weighted by Crippen LogP contribution is 1.96. The molecule has 0 spiro atoms. The number of nitrogens with zero attached hydrogens (tertiary/aromatic N) is 5. The molecule has 0 bridgehead atoms. The Hall–Kier alpha value is -1.69. The van der Waals surface area contributed by atoms with Gasteiger partial charge >= 0.3 is 0 Å². The lowest BCUT2D eigenvalue weighted by molar-refractivity contribution is 0.530. The normalized spacial score (nSPS) is 10.9. The predicted octanol–water partition coefficient (Wildman–Crippen LogP) is 0.674. The van der Waals surface area contributed by atoms with Crippen molar-refractivity contribution in [2.75, 3.05) is 6.54 Å². The molecule has 1 N–H and O–H groups in total. The highest BCUT2D eigenvalue weighted by atomic mass is 15.4. The van der Waals surface area contributed by atoms with Gasteiger partial charge in [0.05, 0.1) is 12.4 Å². The minimum Gasteiger partial charge on any atom is -0.312 e. The third kappa shape index (κ3) is 3.67. The fourth-order valence-electron chi connectivity index (χ4n) is 1.62. The van der Waals surface area contributed by atoms with Gasteiger partial charge in [0.25, 0.3) is 0 Å². The summed E-state index contributed by atoms with van der Waals surface area (Å²) in [5, 5.41) is 15.3. The second kappa shape index (κ2) is 6.15. The summed E-state index contributed by atoms with van der Waals surface area (Å²) >= 11 is 0. The van der Waals surface area contributed by atoms with E-state index in [9.17, 15) is 0 Å². The Bertz CT molecular complexity index is 419. The molecule has 92 valence electrons. The molecule has 2 rings (SSSR count). The Labute approximate surface area is 101 Å². The average molecular weight is 234 g/mol. The van der Waals surface area contributed by atoms with Gasteiger partial charge in [-0.1, -0.05) is 5.21 Å². The van der Waals surface area contributed by atoms with Gasteiger partial charge in [-0.25, -0.2) is 0 Å². The quantitative estimate of drug-likeness (QED) is 0.715. The number of aromatic nitrogens is 5. The first kappa shape index (κ1) is 11.8. The molecule has 6 nitrogen and oxygen atoms in total. The molecule has 0 saturated heterocycles. The topological polar surface area (TPSA) is 60.6 Å². The SMILES string of the molecule is CCn1cc(CNCCCn2ccnn2)cn1. The molecule has 0 aliphatic rings. The maximum Gasteiger partial charge on any atom is 0.0692 e.